The molecule has 0 aliphatic heterocycles. The van der Waals surface area contributed by atoms with Crippen LogP contribution in [0.3, 0.4) is 0 Å². The molecule has 1 aromatic heterocycles. The summed E-state index contributed by atoms with van der Waals surface area (Å²) in [7, 11) is 0. The molecule has 21 heavy (non-hydrogen) atoms. The summed E-state index contributed by atoms with van der Waals surface area (Å²) in [6.45, 7) is 2.11. The molecule has 0 bridgehead atoms. The van der Waals surface area contributed by atoms with E-state index in [0.717, 1.165) is 24.3 Å². The van der Waals surface area contributed by atoms with Crippen molar-refractivity contribution in [2.24, 2.45) is 0 Å². The number of urea groups is 1. The number of aromatic nitrogens is 2. The van der Waals surface area contributed by atoms with Crippen LogP contribution >= 0.6 is 34.5 Å². The van der Waals surface area contributed by atoms with Gasteiger partial charge in [-0.15, -0.1) is 10.2 Å². The minimum atomic E-state index is -0.419. The maximum Gasteiger partial charge on any atom is 0.325 e. The van der Waals surface area contributed by atoms with Crippen LogP contribution in [0.25, 0.3) is 0 Å². The van der Waals surface area contributed by atoms with Crippen molar-refractivity contribution >= 4 is 51.4 Å². The molecular weight excluding hydrogens is 331 g/mol. The summed E-state index contributed by atoms with van der Waals surface area (Å²) in [4.78, 5) is 11.9. The summed E-state index contributed by atoms with van der Waals surface area (Å²) >= 11 is 13.2. The molecule has 0 aliphatic rings. The van der Waals surface area contributed by atoms with Crippen LogP contribution in [0.5, 0.6) is 0 Å². The number of nitrogens with zero attached hydrogens (tertiary/aromatic N) is 2. The number of hydrogen-bond donors (Lipinski definition) is 2. The topological polar surface area (TPSA) is 66.9 Å². The maximum atomic E-state index is 11.9. The molecule has 2 N–H and O–H groups in total. The van der Waals surface area contributed by atoms with Crippen molar-refractivity contribution < 1.29 is 4.79 Å². The first-order valence-corrected chi connectivity index (χ1v) is 8.01. The molecule has 112 valence electrons. The number of carbonyl (C=O) groups is 1. The molecule has 2 aromatic rings. The first-order chi connectivity index (χ1) is 10.1. The average molecular weight is 345 g/mol. The highest BCUT2D eigenvalue weighted by Crippen LogP contribution is 2.25. The molecule has 0 unspecified atom stereocenters. The van der Waals surface area contributed by atoms with Crippen molar-refractivity contribution in [2.45, 2.75) is 26.2 Å². The van der Waals surface area contributed by atoms with Gasteiger partial charge in [0.15, 0.2) is 0 Å². The summed E-state index contributed by atoms with van der Waals surface area (Å²) < 4.78 is 0. The Morgan fingerprint density at radius 1 is 1.29 bits per heavy atom. The van der Waals surface area contributed by atoms with Gasteiger partial charge in [-0.2, -0.15) is 0 Å². The van der Waals surface area contributed by atoms with Gasteiger partial charge in [-0.1, -0.05) is 47.9 Å². The number of rotatable bonds is 5. The molecule has 0 aliphatic carbocycles. The number of unbranched alkanes of at least 4 members (excludes halogenated alkanes) is 1. The van der Waals surface area contributed by atoms with Gasteiger partial charge in [0.1, 0.15) is 5.01 Å². The van der Waals surface area contributed by atoms with Crippen molar-refractivity contribution in [1.29, 1.82) is 0 Å². The number of benzene rings is 1. The van der Waals surface area contributed by atoms with Crippen molar-refractivity contribution in [3.8, 4) is 0 Å². The van der Waals surface area contributed by atoms with Crippen molar-refractivity contribution in [2.75, 3.05) is 10.6 Å². The van der Waals surface area contributed by atoms with Crippen LogP contribution < -0.4 is 10.6 Å². The normalized spacial score (nSPS) is 10.4. The van der Waals surface area contributed by atoms with E-state index in [-0.39, 0.29) is 0 Å². The zero-order chi connectivity index (χ0) is 15.2. The predicted molar refractivity (Wildman–Crippen MR) is 87.6 cm³/mol. The SMILES string of the molecule is CCCCc1nnc(NC(=O)Nc2ccc(Cl)cc2Cl)s1. The van der Waals surface area contributed by atoms with E-state index in [1.54, 1.807) is 18.2 Å². The Morgan fingerprint density at radius 3 is 2.81 bits per heavy atom. The van der Waals surface area contributed by atoms with Gasteiger partial charge in [0.25, 0.3) is 0 Å². The highest BCUT2D eigenvalue weighted by atomic mass is 35.5. The summed E-state index contributed by atoms with van der Waals surface area (Å²) in [5, 5.41) is 15.5. The fourth-order valence-electron chi connectivity index (χ4n) is 1.57. The zero-order valence-corrected chi connectivity index (χ0v) is 13.6. The number of anilines is 2. The number of amides is 2. The Kier molecular flexibility index (Phi) is 5.78. The van der Waals surface area contributed by atoms with Crippen LogP contribution in [0.1, 0.15) is 24.8 Å². The van der Waals surface area contributed by atoms with E-state index in [1.165, 1.54) is 11.3 Å². The number of halogens is 2. The van der Waals surface area contributed by atoms with E-state index in [4.69, 9.17) is 23.2 Å². The average Bonchev–Trinajstić information content (AvgIpc) is 2.87. The van der Waals surface area contributed by atoms with Crippen LogP contribution in [-0.4, -0.2) is 16.2 Å². The predicted octanol–water partition coefficient (Wildman–Crippen LogP) is 4.83. The molecule has 0 fully saturated rings. The van der Waals surface area contributed by atoms with Crippen LogP contribution in [-0.2, 0) is 6.42 Å². The lowest BCUT2D eigenvalue weighted by atomic mass is 10.3. The largest absolute Gasteiger partial charge is 0.325 e. The molecule has 1 heterocycles. The minimum absolute atomic E-state index is 0.374. The molecule has 5 nitrogen and oxygen atoms in total. The Morgan fingerprint density at radius 2 is 2.10 bits per heavy atom. The fourth-order valence-corrected chi connectivity index (χ4v) is 2.81. The van der Waals surface area contributed by atoms with Crippen molar-refractivity contribution in [1.82, 2.24) is 10.2 Å². The third kappa shape index (κ3) is 4.84. The van der Waals surface area contributed by atoms with E-state index in [9.17, 15) is 4.79 Å². The third-order valence-electron chi connectivity index (χ3n) is 2.61. The van der Waals surface area contributed by atoms with E-state index in [0.29, 0.717) is 20.9 Å². The Balaban J connectivity index is 1.93. The van der Waals surface area contributed by atoms with E-state index >= 15 is 0 Å². The monoisotopic (exact) mass is 344 g/mol. The van der Waals surface area contributed by atoms with E-state index in [2.05, 4.69) is 27.8 Å². The summed E-state index contributed by atoms with van der Waals surface area (Å²) in [6, 6.07) is 4.43. The molecule has 0 radical (unpaired) electrons. The van der Waals surface area contributed by atoms with Gasteiger partial charge in [-0.25, -0.2) is 4.79 Å². The van der Waals surface area contributed by atoms with E-state index < -0.39 is 6.03 Å². The van der Waals surface area contributed by atoms with Crippen LogP contribution in [0.4, 0.5) is 15.6 Å². The number of hydrogen-bond acceptors (Lipinski definition) is 4. The van der Waals surface area contributed by atoms with Gasteiger partial charge in [-0.05, 0) is 24.6 Å². The van der Waals surface area contributed by atoms with Gasteiger partial charge < -0.3 is 5.32 Å². The molecule has 2 rings (SSSR count). The molecule has 0 atom stereocenters. The molecule has 0 saturated heterocycles. The van der Waals surface area contributed by atoms with Crippen molar-refractivity contribution in [3.63, 3.8) is 0 Å². The van der Waals surface area contributed by atoms with Gasteiger partial charge >= 0.3 is 6.03 Å². The fraction of sp³-hybridized carbons (Fsp3) is 0.308. The summed E-state index contributed by atoms with van der Waals surface area (Å²) in [5.74, 6) is 0. The number of aryl methyl sites for hydroxylation is 1. The molecule has 1 aromatic carbocycles. The van der Waals surface area contributed by atoms with Crippen LogP contribution in [0, 0.1) is 0 Å². The quantitative estimate of drug-likeness (QED) is 0.815. The van der Waals surface area contributed by atoms with Gasteiger partial charge in [-0.3, -0.25) is 5.32 Å². The number of nitrogens with one attached hydrogen (secondary N) is 2. The van der Waals surface area contributed by atoms with Crippen LogP contribution in [0.15, 0.2) is 18.2 Å². The highest BCUT2D eigenvalue weighted by molar-refractivity contribution is 7.15. The second-order valence-corrected chi connectivity index (χ2v) is 6.21. The minimum Gasteiger partial charge on any atom is -0.306 e. The first-order valence-electron chi connectivity index (χ1n) is 6.44. The second kappa shape index (κ2) is 7.59. The van der Waals surface area contributed by atoms with Gasteiger partial charge in [0.2, 0.25) is 5.13 Å². The summed E-state index contributed by atoms with van der Waals surface area (Å²) in [5.41, 5.74) is 0.481. The van der Waals surface area contributed by atoms with E-state index in [1.807, 2.05) is 0 Å². The maximum absolute atomic E-state index is 11.9. The third-order valence-corrected chi connectivity index (χ3v) is 4.06. The number of carbonyl (C=O) groups excluding carboxylic acids is 1. The van der Waals surface area contributed by atoms with Gasteiger partial charge in [0, 0.05) is 11.4 Å². The molecule has 2 amide bonds. The smallest absolute Gasteiger partial charge is 0.306 e. The van der Waals surface area contributed by atoms with Crippen molar-refractivity contribution in [3.05, 3.63) is 33.3 Å². The Labute approximate surface area is 136 Å². The highest BCUT2D eigenvalue weighted by Gasteiger charge is 2.10. The lowest BCUT2D eigenvalue weighted by Crippen LogP contribution is -2.19. The lowest BCUT2D eigenvalue weighted by Gasteiger charge is -2.07. The standard InChI is InChI=1S/C13H14Cl2N4OS/c1-2-3-4-11-18-19-13(21-11)17-12(20)16-10-6-5-8(14)7-9(10)15/h5-7H,2-4H2,1H3,(H2,16,17,19,20). The zero-order valence-electron chi connectivity index (χ0n) is 11.3. The molecule has 0 saturated carbocycles. The lowest BCUT2D eigenvalue weighted by molar-refractivity contribution is 0.262. The molecule has 0 spiro atoms. The Hall–Kier alpha value is -1.37. The van der Waals surface area contributed by atoms with Gasteiger partial charge in [0.05, 0.1) is 10.7 Å². The molecule has 8 heteroatoms. The summed E-state index contributed by atoms with van der Waals surface area (Å²) in [6.07, 6.45) is 3.03. The first kappa shape index (κ1) is 16.0. The Bertz CT molecular complexity index is 632. The van der Waals surface area contributed by atoms with Crippen LogP contribution in [0.2, 0.25) is 10.0 Å². The second-order valence-electron chi connectivity index (χ2n) is 4.31. The molecular formula is C13H14Cl2N4OS.